The second kappa shape index (κ2) is 7.15. The molecule has 2 rings (SSSR count). The molecule has 0 aliphatic carbocycles. The lowest BCUT2D eigenvalue weighted by molar-refractivity contribution is 0.102. The van der Waals surface area contributed by atoms with E-state index in [4.69, 9.17) is 18.0 Å². The number of aromatic nitrogens is 2. The van der Waals surface area contributed by atoms with Gasteiger partial charge in [-0.15, -0.1) is 6.42 Å². The van der Waals surface area contributed by atoms with E-state index in [9.17, 15) is 4.79 Å². The molecule has 114 valence electrons. The van der Waals surface area contributed by atoms with E-state index in [0.717, 1.165) is 12.8 Å². The molecule has 1 heterocycles. The molecule has 1 aromatic carbocycles. The monoisotopic (exact) mass is 315 g/mol. The van der Waals surface area contributed by atoms with E-state index >= 15 is 0 Å². The van der Waals surface area contributed by atoms with E-state index in [1.54, 1.807) is 35.9 Å². The van der Waals surface area contributed by atoms with E-state index in [1.165, 1.54) is 0 Å². The topological polar surface area (TPSA) is 46.9 Å². The molecule has 1 amide bonds. The molecule has 0 saturated carbocycles. The Morgan fingerprint density at radius 3 is 2.95 bits per heavy atom. The van der Waals surface area contributed by atoms with Crippen LogP contribution in [0.4, 0.5) is 5.69 Å². The van der Waals surface area contributed by atoms with Crippen LogP contribution in [0.5, 0.6) is 0 Å². The van der Waals surface area contributed by atoms with Crippen molar-refractivity contribution >= 4 is 23.2 Å². The molecular formula is C17H18ClN3O. The zero-order valence-corrected chi connectivity index (χ0v) is 13.4. The zero-order valence-electron chi connectivity index (χ0n) is 12.7. The first-order chi connectivity index (χ1) is 10.6. The predicted molar refractivity (Wildman–Crippen MR) is 89.2 cm³/mol. The predicted octanol–water partition coefficient (Wildman–Crippen LogP) is 3.88. The molecule has 1 N–H and O–H groups in total. The fraction of sp³-hybridized carbons (Fsp3) is 0.294. The second-order valence-electron chi connectivity index (χ2n) is 5.01. The number of nitrogens with zero attached hydrogens (tertiary/aromatic N) is 2. The zero-order chi connectivity index (χ0) is 16.1. The molecule has 1 aromatic heterocycles. The van der Waals surface area contributed by atoms with Gasteiger partial charge in [-0.1, -0.05) is 36.9 Å². The molecule has 22 heavy (non-hydrogen) atoms. The molecule has 0 unspecified atom stereocenters. The normalized spacial score (nSPS) is 10.3. The number of anilines is 1. The molecule has 0 aliphatic heterocycles. The maximum absolute atomic E-state index is 12.4. The minimum Gasteiger partial charge on any atom is -0.322 e. The number of unbranched alkanes of at least 4 members (excludes halogenated alkanes) is 1. The highest BCUT2D eigenvalue weighted by Crippen LogP contribution is 2.22. The van der Waals surface area contributed by atoms with E-state index in [0.29, 0.717) is 34.2 Å². The number of rotatable bonds is 5. The van der Waals surface area contributed by atoms with Gasteiger partial charge in [0.1, 0.15) is 5.15 Å². The molecule has 2 aromatic rings. The van der Waals surface area contributed by atoms with Crippen molar-refractivity contribution in [3.63, 3.8) is 0 Å². The molecule has 0 bridgehead atoms. The number of hydrogen-bond donors (Lipinski definition) is 1. The van der Waals surface area contributed by atoms with Gasteiger partial charge >= 0.3 is 0 Å². The Labute approximate surface area is 135 Å². The third kappa shape index (κ3) is 3.49. The molecule has 0 fully saturated rings. The third-order valence-electron chi connectivity index (χ3n) is 3.30. The summed E-state index contributed by atoms with van der Waals surface area (Å²) in [5.41, 5.74) is 2.37. The maximum Gasteiger partial charge on any atom is 0.260 e. The molecule has 0 aliphatic rings. The highest BCUT2D eigenvalue weighted by Gasteiger charge is 2.20. The number of hydrogen-bond acceptors (Lipinski definition) is 2. The summed E-state index contributed by atoms with van der Waals surface area (Å²) in [5.74, 6) is 2.26. The van der Waals surface area contributed by atoms with Crippen molar-refractivity contribution in [2.45, 2.75) is 33.2 Å². The van der Waals surface area contributed by atoms with Crippen LogP contribution in [0.3, 0.4) is 0 Å². The van der Waals surface area contributed by atoms with Crippen molar-refractivity contribution in [1.82, 2.24) is 9.78 Å². The van der Waals surface area contributed by atoms with Gasteiger partial charge in [-0.25, -0.2) is 0 Å². The average molecular weight is 316 g/mol. The minimum absolute atomic E-state index is 0.278. The lowest BCUT2D eigenvalue weighted by atomic mass is 10.2. The van der Waals surface area contributed by atoms with Gasteiger partial charge < -0.3 is 5.32 Å². The van der Waals surface area contributed by atoms with Gasteiger partial charge in [-0.3, -0.25) is 9.48 Å². The van der Waals surface area contributed by atoms with Gasteiger partial charge in [0.05, 0.1) is 11.3 Å². The number of aryl methyl sites for hydroxylation is 2. The van der Waals surface area contributed by atoms with Crippen LogP contribution in [-0.2, 0) is 6.54 Å². The van der Waals surface area contributed by atoms with Crippen molar-refractivity contribution < 1.29 is 4.79 Å². The Morgan fingerprint density at radius 1 is 1.50 bits per heavy atom. The summed E-state index contributed by atoms with van der Waals surface area (Å²) in [7, 11) is 0. The van der Waals surface area contributed by atoms with Crippen LogP contribution in [-0.4, -0.2) is 15.7 Å². The van der Waals surface area contributed by atoms with Crippen molar-refractivity contribution in [1.29, 1.82) is 0 Å². The van der Waals surface area contributed by atoms with E-state index in [2.05, 4.69) is 23.3 Å². The van der Waals surface area contributed by atoms with Crippen molar-refractivity contribution in [3.05, 3.63) is 46.2 Å². The third-order valence-corrected chi connectivity index (χ3v) is 3.69. The van der Waals surface area contributed by atoms with Crippen molar-refractivity contribution in [2.75, 3.05) is 5.32 Å². The van der Waals surface area contributed by atoms with Gasteiger partial charge in [0, 0.05) is 17.8 Å². The quantitative estimate of drug-likeness (QED) is 0.851. The fourth-order valence-corrected chi connectivity index (χ4v) is 2.49. The first-order valence-electron chi connectivity index (χ1n) is 7.17. The van der Waals surface area contributed by atoms with Crippen LogP contribution in [0.2, 0.25) is 5.15 Å². The SMILES string of the molecule is C#Cc1cccc(NC(=O)c2c(C)nn(CCCC)c2Cl)c1. The summed E-state index contributed by atoms with van der Waals surface area (Å²) in [6.07, 6.45) is 7.36. The van der Waals surface area contributed by atoms with Crippen LogP contribution in [0.25, 0.3) is 0 Å². The largest absolute Gasteiger partial charge is 0.322 e. The van der Waals surface area contributed by atoms with Gasteiger partial charge in [-0.2, -0.15) is 5.10 Å². The Balaban J connectivity index is 2.22. The van der Waals surface area contributed by atoms with Gasteiger partial charge in [0.2, 0.25) is 0 Å². The molecule has 0 spiro atoms. The maximum atomic E-state index is 12.4. The smallest absolute Gasteiger partial charge is 0.260 e. The Hall–Kier alpha value is -2.25. The van der Waals surface area contributed by atoms with E-state index < -0.39 is 0 Å². The van der Waals surface area contributed by atoms with Crippen LogP contribution >= 0.6 is 11.6 Å². The van der Waals surface area contributed by atoms with Crippen LogP contribution in [0.1, 0.15) is 41.4 Å². The van der Waals surface area contributed by atoms with Gasteiger partial charge in [0.15, 0.2) is 0 Å². The summed E-state index contributed by atoms with van der Waals surface area (Å²) in [6, 6.07) is 7.12. The first kappa shape index (κ1) is 16.1. The Kier molecular flexibility index (Phi) is 5.24. The van der Waals surface area contributed by atoms with E-state index in [1.807, 2.05) is 0 Å². The number of amides is 1. The molecule has 0 atom stereocenters. The van der Waals surface area contributed by atoms with Gasteiger partial charge in [0.25, 0.3) is 5.91 Å². The van der Waals surface area contributed by atoms with Crippen molar-refractivity contribution in [2.24, 2.45) is 0 Å². The number of carbonyl (C=O) groups excluding carboxylic acids is 1. The summed E-state index contributed by atoms with van der Waals surface area (Å²) in [4.78, 5) is 12.4. The summed E-state index contributed by atoms with van der Waals surface area (Å²) >= 11 is 6.29. The molecular weight excluding hydrogens is 298 g/mol. The number of benzene rings is 1. The molecule has 5 heteroatoms. The van der Waals surface area contributed by atoms with Crippen molar-refractivity contribution in [3.8, 4) is 12.3 Å². The number of terminal acetylenes is 1. The molecule has 0 saturated heterocycles. The van der Waals surface area contributed by atoms with E-state index in [-0.39, 0.29) is 5.91 Å². The van der Waals surface area contributed by atoms with Crippen LogP contribution in [0, 0.1) is 19.3 Å². The van der Waals surface area contributed by atoms with Crippen LogP contribution < -0.4 is 5.32 Å². The summed E-state index contributed by atoms with van der Waals surface area (Å²) in [6.45, 7) is 4.58. The number of carbonyl (C=O) groups is 1. The van der Waals surface area contributed by atoms with Crippen LogP contribution in [0.15, 0.2) is 24.3 Å². The summed E-state index contributed by atoms with van der Waals surface area (Å²) < 4.78 is 1.67. The highest BCUT2D eigenvalue weighted by atomic mass is 35.5. The lowest BCUT2D eigenvalue weighted by Crippen LogP contribution is -2.13. The lowest BCUT2D eigenvalue weighted by Gasteiger charge is -2.06. The summed E-state index contributed by atoms with van der Waals surface area (Å²) in [5, 5.41) is 7.52. The molecule has 4 nitrogen and oxygen atoms in total. The minimum atomic E-state index is -0.278. The number of nitrogens with one attached hydrogen (secondary N) is 1. The highest BCUT2D eigenvalue weighted by molar-refractivity contribution is 6.33. The standard InChI is InChI=1S/C17H18ClN3O/c1-4-6-10-21-16(18)15(12(3)20-21)17(22)19-14-9-7-8-13(5-2)11-14/h2,7-9,11H,4,6,10H2,1,3H3,(H,19,22). The first-order valence-corrected chi connectivity index (χ1v) is 7.55. The van der Waals surface area contributed by atoms with Gasteiger partial charge in [-0.05, 0) is 31.5 Å². The average Bonchev–Trinajstić information content (AvgIpc) is 2.79. The Bertz CT molecular complexity index is 728. The number of halogens is 1. The second-order valence-corrected chi connectivity index (χ2v) is 5.37. The Morgan fingerprint density at radius 2 is 2.27 bits per heavy atom. The molecule has 0 radical (unpaired) electrons. The fourth-order valence-electron chi connectivity index (χ4n) is 2.15.